The van der Waals surface area contributed by atoms with E-state index < -0.39 is 5.54 Å². The number of hydrogen-bond donors (Lipinski definition) is 1. The number of amides is 1. The zero-order valence-electron chi connectivity index (χ0n) is 11.2. The normalized spacial score (nSPS) is 23.6. The highest BCUT2D eigenvalue weighted by atomic mass is 16.5. The Bertz CT molecular complexity index is 315. The van der Waals surface area contributed by atoms with Crippen molar-refractivity contribution in [3.05, 3.63) is 0 Å². The predicted octanol–water partition coefficient (Wildman–Crippen LogP) is 2.17. The standard InChI is InChI=1S/C14H23NO3/c1-18-13(17)14(9-5-2-6-10-14)15-12(16)11-7-3-4-8-11/h11H,2-10H2,1H3,(H,15,16). The Labute approximate surface area is 108 Å². The molecule has 0 aromatic rings. The zero-order valence-corrected chi connectivity index (χ0v) is 11.2. The monoisotopic (exact) mass is 253 g/mol. The maximum atomic E-state index is 12.2. The Morgan fingerprint density at radius 3 is 2.22 bits per heavy atom. The molecule has 2 rings (SSSR count). The van der Waals surface area contributed by atoms with Crippen LogP contribution in [0, 0.1) is 5.92 Å². The number of esters is 1. The largest absolute Gasteiger partial charge is 0.467 e. The van der Waals surface area contributed by atoms with Gasteiger partial charge in [0.1, 0.15) is 5.54 Å². The fourth-order valence-electron chi connectivity index (χ4n) is 3.26. The molecule has 0 atom stereocenters. The van der Waals surface area contributed by atoms with Crippen molar-refractivity contribution in [2.24, 2.45) is 5.92 Å². The predicted molar refractivity (Wildman–Crippen MR) is 67.9 cm³/mol. The lowest BCUT2D eigenvalue weighted by molar-refractivity contribution is -0.153. The molecule has 0 aromatic carbocycles. The summed E-state index contributed by atoms with van der Waals surface area (Å²) in [6.07, 6.45) is 8.73. The number of ether oxygens (including phenoxy) is 1. The van der Waals surface area contributed by atoms with E-state index in [0.717, 1.165) is 57.8 Å². The first-order valence-corrected chi connectivity index (χ1v) is 7.08. The molecule has 4 nitrogen and oxygen atoms in total. The van der Waals surface area contributed by atoms with Crippen LogP contribution in [0.3, 0.4) is 0 Å². The highest BCUT2D eigenvalue weighted by molar-refractivity contribution is 5.89. The lowest BCUT2D eigenvalue weighted by Crippen LogP contribution is -2.57. The molecule has 0 radical (unpaired) electrons. The van der Waals surface area contributed by atoms with E-state index in [1.807, 2.05) is 0 Å². The molecule has 0 unspecified atom stereocenters. The molecular weight excluding hydrogens is 230 g/mol. The van der Waals surface area contributed by atoms with Gasteiger partial charge in [0.05, 0.1) is 7.11 Å². The average Bonchev–Trinajstić information content (AvgIpc) is 2.93. The van der Waals surface area contributed by atoms with Gasteiger partial charge in [0.25, 0.3) is 0 Å². The highest BCUT2D eigenvalue weighted by Crippen LogP contribution is 2.31. The minimum Gasteiger partial charge on any atom is -0.467 e. The van der Waals surface area contributed by atoms with Crippen LogP contribution < -0.4 is 5.32 Å². The number of methoxy groups -OCH3 is 1. The molecule has 2 saturated carbocycles. The average molecular weight is 253 g/mol. The van der Waals surface area contributed by atoms with E-state index in [4.69, 9.17) is 4.74 Å². The third-order valence-electron chi connectivity index (χ3n) is 4.37. The number of carbonyl (C=O) groups excluding carboxylic acids is 2. The summed E-state index contributed by atoms with van der Waals surface area (Å²) in [5.74, 6) is -0.109. The summed E-state index contributed by atoms with van der Waals surface area (Å²) in [6, 6.07) is 0. The molecule has 0 aromatic heterocycles. The van der Waals surface area contributed by atoms with Crippen LogP contribution in [0.2, 0.25) is 0 Å². The van der Waals surface area contributed by atoms with Gasteiger partial charge in [0, 0.05) is 5.92 Å². The van der Waals surface area contributed by atoms with Crippen molar-refractivity contribution in [1.82, 2.24) is 5.32 Å². The fraction of sp³-hybridized carbons (Fsp3) is 0.857. The number of carbonyl (C=O) groups is 2. The van der Waals surface area contributed by atoms with E-state index in [1.54, 1.807) is 0 Å². The van der Waals surface area contributed by atoms with Crippen LogP contribution in [0.1, 0.15) is 57.8 Å². The minimum absolute atomic E-state index is 0.0554. The number of nitrogens with one attached hydrogen (secondary N) is 1. The highest BCUT2D eigenvalue weighted by Gasteiger charge is 2.43. The first-order chi connectivity index (χ1) is 8.68. The minimum atomic E-state index is -0.743. The lowest BCUT2D eigenvalue weighted by atomic mass is 9.81. The van der Waals surface area contributed by atoms with Crippen molar-refractivity contribution in [1.29, 1.82) is 0 Å². The number of hydrogen-bond acceptors (Lipinski definition) is 3. The van der Waals surface area contributed by atoms with Gasteiger partial charge in [0.2, 0.25) is 5.91 Å². The Morgan fingerprint density at radius 1 is 1.06 bits per heavy atom. The Morgan fingerprint density at radius 2 is 1.67 bits per heavy atom. The second-order valence-corrected chi connectivity index (χ2v) is 5.60. The van der Waals surface area contributed by atoms with Crippen molar-refractivity contribution in [2.75, 3.05) is 7.11 Å². The smallest absolute Gasteiger partial charge is 0.331 e. The second-order valence-electron chi connectivity index (χ2n) is 5.60. The molecule has 4 heteroatoms. The Hall–Kier alpha value is -1.06. The van der Waals surface area contributed by atoms with Crippen LogP contribution in [0.15, 0.2) is 0 Å². The van der Waals surface area contributed by atoms with E-state index in [9.17, 15) is 9.59 Å². The van der Waals surface area contributed by atoms with Gasteiger partial charge in [-0.2, -0.15) is 0 Å². The first-order valence-electron chi connectivity index (χ1n) is 7.08. The fourth-order valence-corrected chi connectivity index (χ4v) is 3.26. The van der Waals surface area contributed by atoms with Gasteiger partial charge >= 0.3 is 5.97 Å². The SMILES string of the molecule is COC(=O)C1(NC(=O)C2CCCC2)CCCCC1. The van der Waals surface area contributed by atoms with Crippen molar-refractivity contribution in [3.63, 3.8) is 0 Å². The summed E-state index contributed by atoms with van der Waals surface area (Å²) in [7, 11) is 1.40. The Kier molecular flexibility index (Phi) is 4.25. The summed E-state index contributed by atoms with van der Waals surface area (Å²) < 4.78 is 4.90. The molecule has 2 aliphatic carbocycles. The first kappa shape index (κ1) is 13.4. The van der Waals surface area contributed by atoms with Crippen LogP contribution in [0.5, 0.6) is 0 Å². The number of rotatable bonds is 3. The van der Waals surface area contributed by atoms with Crippen LogP contribution in [-0.2, 0) is 14.3 Å². The lowest BCUT2D eigenvalue weighted by Gasteiger charge is -2.36. The summed E-state index contributed by atoms with van der Waals surface area (Å²) >= 11 is 0. The van der Waals surface area contributed by atoms with E-state index >= 15 is 0 Å². The topological polar surface area (TPSA) is 55.4 Å². The zero-order chi connectivity index (χ0) is 13.0. The molecule has 102 valence electrons. The summed E-state index contributed by atoms with van der Waals surface area (Å²) in [4.78, 5) is 24.2. The van der Waals surface area contributed by atoms with Gasteiger partial charge in [0.15, 0.2) is 0 Å². The molecule has 18 heavy (non-hydrogen) atoms. The summed E-state index contributed by atoms with van der Waals surface area (Å²) in [5.41, 5.74) is -0.743. The third kappa shape index (κ3) is 2.68. The quantitative estimate of drug-likeness (QED) is 0.784. The molecule has 0 spiro atoms. The summed E-state index contributed by atoms with van der Waals surface area (Å²) in [5, 5.41) is 3.01. The van der Waals surface area contributed by atoms with Crippen molar-refractivity contribution in [2.45, 2.75) is 63.3 Å². The van der Waals surface area contributed by atoms with Gasteiger partial charge in [-0.1, -0.05) is 32.1 Å². The Balaban J connectivity index is 2.04. The van der Waals surface area contributed by atoms with E-state index in [2.05, 4.69) is 5.32 Å². The second kappa shape index (κ2) is 5.72. The molecule has 2 aliphatic rings. The van der Waals surface area contributed by atoms with Crippen molar-refractivity contribution < 1.29 is 14.3 Å². The molecule has 0 heterocycles. The van der Waals surface area contributed by atoms with Gasteiger partial charge < -0.3 is 10.1 Å². The molecule has 0 bridgehead atoms. The van der Waals surface area contributed by atoms with Gasteiger partial charge in [-0.05, 0) is 25.7 Å². The molecule has 1 amide bonds. The van der Waals surface area contributed by atoms with E-state index in [0.29, 0.717) is 0 Å². The maximum absolute atomic E-state index is 12.2. The molecule has 0 aliphatic heterocycles. The molecule has 1 N–H and O–H groups in total. The van der Waals surface area contributed by atoms with Crippen LogP contribution in [0.25, 0.3) is 0 Å². The van der Waals surface area contributed by atoms with Crippen molar-refractivity contribution >= 4 is 11.9 Å². The van der Waals surface area contributed by atoms with E-state index in [-0.39, 0.29) is 17.8 Å². The van der Waals surface area contributed by atoms with Gasteiger partial charge in [-0.15, -0.1) is 0 Å². The molecular formula is C14H23NO3. The van der Waals surface area contributed by atoms with Gasteiger partial charge in [-0.3, -0.25) is 4.79 Å². The van der Waals surface area contributed by atoms with Crippen molar-refractivity contribution in [3.8, 4) is 0 Å². The van der Waals surface area contributed by atoms with Crippen LogP contribution in [0.4, 0.5) is 0 Å². The maximum Gasteiger partial charge on any atom is 0.331 e. The molecule has 2 fully saturated rings. The van der Waals surface area contributed by atoms with Gasteiger partial charge in [-0.25, -0.2) is 4.79 Å². The van der Waals surface area contributed by atoms with Crippen LogP contribution >= 0.6 is 0 Å². The molecule has 0 saturated heterocycles. The third-order valence-corrected chi connectivity index (χ3v) is 4.37. The summed E-state index contributed by atoms with van der Waals surface area (Å²) in [6.45, 7) is 0. The van der Waals surface area contributed by atoms with Crippen LogP contribution in [-0.4, -0.2) is 24.5 Å². The van der Waals surface area contributed by atoms with E-state index in [1.165, 1.54) is 7.11 Å².